The number of nitriles is 3. The summed E-state index contributed by atoms with van der Waals surface area (Å²) in [4.78, 5) is 30.2. The molecule has 1 aromatic heterocycles. The lowest BCUT2D eigenvalue weighted by Crippen LogP contribution is -2.46. The van der Waals surface area contributed by atoms with E-state index >= 15 is 4.39 Å². The van der Waals surface area contributed by atoms with Crippen LogP contribution in [0.2, 0.25) is 0 Å². The first kappa shape index (κ1) is 36.9. The van der Waals surface area contributed by atoms with E-state index in [9.17, 15) is 34.2 Å². The average Bonchev–Trinajstić information content (AvgIpc) is 3.80. The van der Waals surface area contributed by atoms with E-state index in [-0.39, 0.29) is 70.2 Å². The lowest BCUT2D eigenvalue weighted by atomic mass is 9.60. The molecule has 9 rings (SSSR count). The molecule has 1 aromatic carbocycles. The Labute approximate surface area is 323 Å². The van der Waals surface area contributed by atoms with Crippen molar-refractivity contribution in [1.82, 2.24) is 26.3 Å². The number of alkyl halides is 2. The number of unbranched alkanes of at least 4 members (excludes halogenated alkanes) is 1. The highest BCUT2D eigenvalue weighted by Crippen LogP contribution is 2.76. The zero-order chi connectivity index (χ0) is 39.0. The Morgan fingerprint density at radius 2 is 1.66 bits per heavy atom. The number of pyridine rings is 1. The number of cyclic esters (lactones) is 1. The molecule has 292 valence electrons. The number of amides is 2. The van der Waals surface area contributed by atoms with Crippen molar-refractivity contribution in [2.45, 2.75) is 50.0 Å². The van der Waals surface area contributed by atoms with E-state index in [1.54, 1.807) is 18.3 Å². The fourth-order valence-corrected chi connectivity index (χ4v) is 12.1. The van der Waals surface area contributed by atoms with Gasteiger partial charge in [-0.2, -0.15) is 24.6 Å². The molecule has 0 radical (unpaired) electrons. The van der Waals surface area contributed by atoms with Crippen LogP contribution in [-0.4, -0.2) is 81.9 Å². The molecule has 7 fully saturated rings. The van der Waals surface area contributed by atoms with Crippen molar-refractivity contribution >= 4 is 17.7 Å². The molecule has 2 aromatic rings. The van der Waals surface area contributed by atoms with Crippen LogP contribution in [0.5, 0.6) is 0 Å². The van der Waals surface area contributed by atoms with Gasteiger partial charge in [-0.1, -0.05) is 18.9 Å². The Kier molecular flexibility index (Phi) is 8.84. The number of ether oxygens (including phenoxy) is 1. The monoisotopic (exact) mass is 767 g/mol. The van der Waals surface area contributed by atoms with Gasteiger partial charge >= 0.3 is 12.5 Å². The molecule has 4 saturated heterocycles. The predicted molar refractivity (Wildman–Crippen MR) is 195 cm³/mol. The van der Waals surface area contributed by atoms with Crippen molar-refractivity contribution < 1.29 is 27.5 Å². The lowest BCUT2D eigenvalue weighted by molar-refractivity contribution is -0.132. The minimum Gasteiger partial charge on any atom is -0.442 e. The molecular weight excluding hydrogens is 724 g/mol. The molecule has 10 unspecified atom stereocenters. The molecule has 2 amide bonds. The van der Waals surface area contributed by atoms with Gasteiger partial charge in [0.2, 0.25) is 0 Å². The number of carbonyl (C=O) groups excluding carboxylic acids is 2. The van der Waals surface area contributed by atoms with Gasteiger partial charge in [0.25, 0.3) is 5.91 Å². The second kappa shape index (κ2) is 13.4. The molecule has 7 aliphatic rings. The molecule has 5 heterocycles. The van der Waals surface area contributed by atoms with Gasteiger partial charge in [0.15, 0.2) is 0 Å². The number of aromatic nitrogens is 1. The van der Waals surface area contributed by atoms with Crippen LogP contribution in [0.4, 0.5) is 23.7 Å². The number of fused-ring (bicyclic) bond motifs is 3. The topological polar surface area (TPSA) is 179 Å². The van der Waals surface area contributed by atoms with E-state index in [2.05, 4.69) is 34.2 Å². The Bertz CT molecular complexity index is 2070. The van der Waals surface area contributed by atoms with E-state index in [0.29, 0.717) is 18.0 Å². The van der Waals surface area contributed by atoms with Gasteiger partial charge < -0.3 is 26.0 Å². The molecule has 4 N–H and O–H groups in total. The largest absolute Gasteiger partial charge is 0.442 e. The maximum Gasteiger partial charge on any atom is 0.414 e. The van der Waals surface area contributed by atoms with Gasteiger partial charge in [-0.25, -0.2) is 9.18 Å². The highest BCUT2D eigenvalue weighted by molar-refractivity contribution is 5.90. The number of nitrogens with one attached hydrogen (secondary N) is 4. The minimum atomic E-state index is -3.19. The summed E-state index contributed by atoms with van der Waals surface area (Å²) >= 11 is 0. The number of halogens is 3. The second-order valence-electron chi connectivity index (χ2n) is 17.3. The summed E-state index contributed by atoms with van der Waals surface area (Å²) in [5, 5.41) is 43.3. The van der Waals surface area contributed by atoms with Crippen LogP contribution in [0.25, 0.3) is 11.1 Å². The third kappa shape index (κ3) is 5.36. The molecule has 56 heavy (non-hydrogen) atoms. The number of hydrogen-bond acceptors (Lipinski definition) is 10. The lowest BCUT2D eigenvalue weighted by Gasteiger charge is -2.44. The third-order valence-electron chi connectivity index (χ3n) is 15.1. The zero-order valence-corrected chi connectivity index (χ0v) is 30.9. The molecule has 15 heteroatoms. The van der Waals surface area contributed by atoms with Gasteiger partial charge in [0.05, 0.1) is 54.7 Å². The Balaban J connectivity index is 1.00. The minimum absolute atomic E-state index is 0.0495. The summed E-state index contributed by atoms with van der Waals surface area (Å²) in [6.45, 7) is 4.40. The molecule has 3 aliphatic carbocycles. The molecule has 0 spiro atoms. The van der Waals surface area contributed by atoms with Crippen molar-refractivity contribution in [1.29, 1.82) is 15.8 Å². The summed E-state index contributed by atoms with van der Waals surface area (Å²) in [5.41, 5.74) is 0.835. The second-order valence-corrected chi connectivity index (χ2v) is 17.3. The van der Waals surface area contributed by atoms with Crippen LogP contribution in [0.3, 0.4) is 0 Å². The Hall–Kier alpha value is -4.75. The number of piperidine rings is 3. The fraction of sp³-hybridized carbons (Fsp3) is 0.610. The number of carbonyl (C=O) groups is 2. The zero-order valence-electron chi connectivity index (χ0n) is 30.9. The van der Waals surface area contributed by atoms with E-state index in [1.807, 2.05) is 17.4 Å². The summed E-state index contributed by atoms with van der Waals surface area (Å²) in [6.07, 6.45) is 1.17. The van der Waals surface area contributed by atoms with E-state index in [0.717, 1.165) is 70.5 Å². The van der Waals surface area contributed by atoms with Crippen molar-refractivity contribution in [3.8, 4) is 29.3 Å². The number of hydrogen-bond donors (Lipinski definition) is 4. The van der Waals surface area contributed by atoms with Crippen molar-refractivity contribution in [3.63, 3.8) is 0 Å². The molecule has 11 atom stereocenters. The summed E-state index contributed by atoms with van der Waals surface area (Å²) in [6, 6.07) is 16.0. The van der Waals surface area contributed by atoms with Gasteiger partial charge in [0.1, 0.15) is 11.9 Å². The molecule has 4 aliphatic heterocycles. The summed E-state index contributed by atoms with van der Waals surface area (Å²) < 4.78 is 46.3. The normalized spacial score (nSPS) is 36.7. The van der Waals surface area contributed by atoms with Gasteiger partial charge in [0, 0.05) is 64.3 Å². The van der Waals surface area contributed by atoms with Gasteiger partial charge in [-0.15, -0.1) is 0 Å². The maximum absolute atomic E-state index is 15.9. The van der Waals surface area contributed by atoms with Gasteiger partial charge in [-0.3, -0.25) is 14.7 Å². The highest BCUT2D eigenvalue weighted by Gasteiger charge is 2.80. The number of nitrogens with zero attached hydrogens (tertiary/aromatic N) is 5. The molecule has 3 saturated carbocycles. The SMILES string of the molecule is N#CC1C2CNCC12CCCCC(CC12CNCC1C2C#N)(c1ccc(-c2ccc(N3C[C@H](CNC(=O)C(F)F)OC3=O)cc2F)cn1)C12CNCC1C2C#N. The maximum atomic E-state index is 15.9. The van der Waals surface area contributed by atoms with Crippen LogP contribution >= 0.6 is 0 Å². The number of rotatable bonds is 14. The van der Waals surface area contributed by atoms with Crippen LogP contribution in [-0.2, 0) is 14.9 Å². The van der Waals surface area contributed by atoms with E-state index < -0.39 is 35.8 Å². The fourth-order valence-electron chi connectivity index (χ4n) is 12.1. The average molecular weight is 768 g/mol. The molecule has 12 nitrogen and oxygen atoms in total. The van der Waals surface area contributed by atoms with Crippen molar-refractivity contribution in [3.05, 3.63) is 48.0 Å². The van der Waals surface area contributed by atoms with Crippen LogP contribution in [0, 0.1) is 91.6 Å². The molecular formula is C41H44F3N9O3. The first-order chi connectivity index (χ1) is 27.1. The smallest absolute Gasteiger partial charge is 0.414 e. The van der Waals surface area contributed by atoms with Crippen LogP contribution in [0.1, 0.15) is 37.8 Å². The van der Waals surface area contributed by atoms with Crippen LogP contribution < -0.4 is 26.2 Å². The quantitative estimate of drug-likeness (QED) is 0.207. The van der Waals surface area contributed by atoms with E-state index in [4.69, 9.17) is 9.72 Å². The highest BCUT2D eigenvalue weighted by atomic mass is 19.3. The standard InChI is InChI=1S/C41H44F3N9O3/c42-33-9-24(53-18-25(56-37(53)55)14-52-36(54)35(43)44)4-5-26(33)23-3-6-34(51-13-23)40(41-22-50-17-32(41)29(41)12-47,19-39-21-49-16-31(39)28(39)11-46)8-2-1-7-38-20-48-15-30(38)27(38)10-45/h3-6,9,13,25,27-32,35,48-50H,1-2,7-8,14-22H2,(H,52,54)/t25-,27?,28?,29?,30?,31?,32?,38?,39?,40?,41?/m0/s1. The first-order valence-electron chi connectivity index (χ1n) is 19.7. The number of benzene rings is 1. The Morgan fingerprint density at radius 1 is 0.964 bits per heavy atom. The summed E-state index contributed by atoms with van der Waals surface area (Å²) in [5.74, 6) is -1.35. The van der Waals surface area contributed by atoms with Crippen molar-refractivity contribution in [2.24, 2.45) is 51.8 Å². The predicted octanol–water partition coefficient (Wildman–Crippen LogP) is 3.86. The Morgan fingerprint density at radius 3 is 2.30 bits per heavy atom. The first-order valence-corrected chi connectivity index (χ1v) is 19.7. The molecule has 0 bridgehead atoms. The van der Waals surface area contributed by atoms with Crippen LogP contribution in [0.15, 0.2) is 36.5 Å². The summed E-state index contributed by atoms with van der Waals surface area (Å²) in [7, 11) is 0. The van der Waals surface area contributed by atoms with Crippen molar-refractivity contribution in [2.75, 3.05) is 57.3 Å². The third-order valence-corrected chi connectivity index (χ3v) is 15.1. The van der Waals surface area contributed by atoms with E-state index in [1.165, 1.54) is 11.0 Å². The van der Waals surface area contributed by atoms with Gasteiger partial charge in [-0.05, 0) is 80.9 Å². The number of anilines is 1.